The number of aromatic nitrogens is 4. The summed E-state index contributed by atoms with van der Waals surface area (Å²) in [7, 11) is 0. The van der Waals surface area contributed by atoms with Crippen molar-refractivity contribution in [3.05, 3.63) is 58.3 Å². The molecule has 0 aromatic carbocycles. The van der Waals surface area contributed by atoms with E-state index in [0.29, 0.717) is 22.4 Å². The third-order valence-corrected chi connectivity index (χ3v) is 5.41. The van der Waals surface area contributed by atoms with Crippen LogP contribution in [-0.2, 0) is 17.6 Å². The molecule has 0 bridgehead atoms. The lowest BCUT2D eigenvalue weighted by molar-refractivity contribution is -0.147. The van der Waals surface area contributed by atoms with Gasteiger partial charge in [-0.3, -0.25) is 14.2 Å². The highest BCUT2D eigenvalue weighted by atomic mass is 19.4. The van der Waals surface area contributed by atoms with Crippen molar-refractivity contribution >= 4 is 11.6 Å². The van der Waals surface area contributed by atoms with E-state index in [0.717, 1.165) is 9.96 Å². The Balaban J connectivity index is 2.28. The summed E-state index contributed by atoms with van der Waals surface area (Å²) < 4.78 is 40.4. The largest absolute Gasteiger partial charge is 0.481 e. The molecule has 3 aromatic heterocycles. The van der Waals surface area contributed by atoms with Gasteiger partial charge in [0.25, 0.3) is 0 Å². The number of aliphatic hydroxyl groups is 1. The van der Waals surface area contributed by atoms with Gasteiger partial charge in [-0.05, 0) is 62.1 Å². The predicted molar refractivity (Wildman–Crippen MR) is 101 cm³/mol. The molecule has 7 nitrogen and oxygen atoms in total. The van der Waals surface area contributed by atoms with Gasteiger partial charge in [0, 0.05) is 24.0 Å². The Labute approximate surface area is 170 Å². The van der Waals surface area contributed by atoms with E-state index in [2.05, 4.69) is 15.2 Å². The average molecular weight is 422 g/mol. The van der Waals surface area contributed by atoms with Gasteiger partial charge in [-0.15, -0.1) is 10.2 Å². The second-order valence-corrected chi connectivity index (χ2v) is 7.76. The number of alkyl halides is 3. The number of fused-ring (bicyclic) bond motifs is 1. The summed E-state index contributed by atoms with van der Waals surface area (Å²) in [6.07, 6.45) is -1.95. The molecule has 0 amide bonds. The van der Waals surface area contributed by atoms with E-state index in [1.807, 2.05) is 0 Å². The van der Waals surface area contributed by atoms with E-state index in [9.17, 15) is 28.2 Å². The van der Waals surface area contributed by atoms with Crippen LogP contribution in [0, 0.1) is 19.3 Å². The number of hydrogen-bond donors (Lipinski definition) is 2. The first kappa shape index (κ1) is 21.7. The third-order valence-electron chi connectivity index (χ3n) is 5.41. The summed E-state index contributed by atoms with van der Waals surface area (Å²) in [5.74, 6) is -3.06. The first-order valence-electron chi connectivity index (χ1n) is 9.10. The van der Waals surface area contributed by atoms with Crippen LogP contribution in [0.15, 0.2) is 24.5 Å². The topological polar surface area (TPSA) is 101 Å². The Morgan fingerprint density at radius 1 is 1.23 bits per heavy atom. The quantitative estimate of drug-likeness (QED) is 0.653. The zero-order valence-electron chi connectivity index (χ0n) is 16.8. The highest BCUT2D eigenvalue weighted by Gasteiger charge is 2.42. The molecule has 1 unspecified atom stereocenters. The molecule has 0 spiro atoms. The Morgan fingerprint density at radius 3 is 2.47 bits per heavy atom. The summed E-state index contributed by atoms with van der Waals surface area (Å²) in [5.41, 5.74) is 1.19. The van der Waals surface area contributed by atoms with E-state index >= 15 is 0 Å². The van der Waals surface area contributed by atoms with Crippen LogP contribution in [0.25, 0.3) is 5.65 Å². The van der Waals surface area contributed by atoms with Crippen LogP contribution in [-0.4, -0.2) is 35.8 Å². The molecule has 10 heteroatoms. The molecule has 0 radical (unpaired) electrons. The Bertz CT molecular complexity index is 1120. The Hall–Kier alpha value is -3.01. The van der Waals surface area contributed by atoms with E-state index in [-0.39, 0.29) is 12.3 Å². The average Bonchev–Trinajstić information content (AvgIpc) is 3.10. The maximum absolute atomic E-state index is 13.2. The van der Waals surface area contributed by atoms with Crippen LogP contribution in [0.4, 0.5) is 13.2 Å². The number of nitrogens with zero attached hydrogens (tertiary/aromatic N) is 4. The number of carboxylic acid groups (broad SMARTS) is 1. The maximum Gasteiger partial charge on any atom is 0.452 e. The summed E-state index contributed by atoms with van der Waals surface area (Å²) >= 11 is 0. The number of aliphatic hydroxyl groups excluding tert-OH is 1. The number of hydrogen-bond acceptors (Lipinski definition) is 5. The molecule has 3 aromatic rings. The lowest BCUT2D eigenvalue weighted by Crippen LogP contribution is -2.33. The molecule has 0 aliphatic heterocycles. The number of aliphatic carboxylic acids is 1. The van der Waals surface area contributed by atoms with Crippen molar-refractivity contribution in [2.75, 3.05) is 0 Å². The number of carbonyl (C=O) groups is 1. The van der Waals surface area contributed by atoms with Gasteiger partial charge in [-0.1, -0.05) is 0 Å². The molecule has 0 saturated heterocycles. The molecule has 160 valence electrons. The summed E-state index contributed by atoms with van der Waals surface area (Å²) in [6.45, 7) is 6.14. The van der Waals surface area contributed by atoms with Crippen LogP contribution < -0.4 is 0 Å². The fourth-order valence-corrected chi connectivity index (χ4v) is 3.56. The molecule has 0 saturated carbocycles. The Morgan fingerprint density at radius 2 is 1.90 bits per heavy atom. The highest BCUT2D eigenvalue weighted by Crippen LogP contribution is 2.43. The number of aryl methyl sites for hydroxylation is 2. The minimum absolute atomic E-state index is 0.0134. The number of halogens is 3. The summed E-state index contributed by atoms with van der Waals surface area (Å²) in [6, 6.07) is 3.07. The van der Waals surface area contributed by atoms with Crippen molar-refractivity contribution in [2.45, 2.75) is 46.4 Å². The first-order chi connectivity index (χ1) is 13.9. The van der Waals surface area contributed by atoms with Crippen molar-refractivity contribution in [2.24, 2.45) is 5.41 Å². The molecule has 1 atom stereocenters. The van der Waals surface area contributed by atoms with Gasteiger partial charge in [0.15, 0.2) is 5.65 Å². The molecule has 3 heterocycles. The van der Waals surface area contributed by atoms with Gasteiger partial charge in [-0.25, -0.2) is 0 Å². The molecule has 3 rings (SSSR count). The second-order valence-electron chi connectivity index (χ2n) is 7.76. The van der Waals surface area contributed by atoms with Crippen LogP contribution in [0.1, 0.15) is 53.5 Å². The van der Waals surface area contributed by atoms with Gasteiger partial charge in [0.2, 0.25) is 5.82 Å². The summed E-state index contributed by atoms with van der Waals surface area (Å²) in [4.78, 5) is 16.5. The summed E-state index contributed by atoms with van der Waals surface area (Å²) in [5, 5.41) is 26.4. The van der Waals surface area contributed by atoms with Gasteiger partial charge in [0.1, 0.15) is 0 Å². The SMILES string of the molecule is Cc1cnc(C(c2ccn3c(C(F)(F)F)nnc3c2C)C(C)(C)C(=O)O)cc1CO. The van der Waals surface area contributed by atoms with Crippen LogP contribution in [0.2, 0.25) is 0 Å². The lowest BCUT2D eigenvalue weighted by Gasteiger charge is -2.32. The van der Waals surface area contributed by atoms with Gasteiger partial charge < -0.3 is 10.2 Å². The van der Waals surface area contributed by atoms with Crippen molar-refractivity contribution in [3.63, 3.8) is 0 Å². The third kappa shape index (κ3) is 3.51. The van der Waals surface area contributed by atoms with Gasteiger partial charge in [0.05, 0.1) is 12.0 Å². The minimum Gasteiger partial charge on any atom is -0.481 e. The van der Waals surface area contributed by atoms with Crippen molar-refractivity contribution in [3.8, 4) is 0 Å². The fraction of sp³-hybridized carbons (Fsp3) is 0.400. The molecule has 0 aliphatic rings. The highest BCUT2D eigenvalue weighted by molar-refractivity contribution is 5.76. The van der Waals surface area contributed by atoms with Crippen LogP contribution >= 0.6 is 0 Å². The maximum atomic E-state index is 13.2. The van der Waals surface area contributed by atoms with Crippen LogP contribution in [0.3, 0.4) is 0 Å². The van der Waals surface area contributed by atoms with Crippen molar-refractivity contribution in [1.29, 1.82) is 0 Å². The normalized spacial score (nSPS) is 13.6. The van der Waals surface area contributed by atoms with Crippen molar-refractivity contribution in [1.82, 2.24) is 19.6 Å². The fourth-order valence-electron chi connectivity index (χ4n) is 3.56. The molecular formula is C20H21F3N4O3. The van der Waals surface area contributed by atoms with E-state index in [1.165, 1.54) is 26.1 Å². The standard InChI is InChI=1S/C20H21F3N4O3/c1-10-8-24-14(7-12(10)9-28)15(19(3,4)18(29)30)13-5-6-27-16(11(13)2)25-26-17(27)20(21,22)23/h5-8,15,28H,9H2,1-4H3,(H,29,30). The number of rotatable bonds is 5. The van der Waals surface area contributed by atoms with E-state index in [4.69, 9.17) is 0 Å². The van der Waals surface area contributed by atoms with E-state index in [1.54, 1.807) is 26.1 Å². The molecular weight excluding hydrogens is 401 g/mol. The predicted octanol–water partition coefficient (Wildman–Crippen LogP) is 3.49. The molecule has 0 aliphatic carbocycles. The Kier molecular flexibility index (Phi) is 5.32. The van der Waals surface area contributed by atoms with Crippen molar-refractivity contribution < 1.29 is 28.2 Å². The monoisotopic (exact) mass is 422 g/mol. The zero-order valence-corrected chi connectivity index (χ0v) is 16.8. The smallest absolute Gasteiger partial charge is 0.452 e. The molecule has 2 N–H and O–H groups in total. The number of carboxylic acids is 1. The van der Waals surface area contributed by atoms with E-state index < -0.39 is 29.3 Å². The molecule has 0 fully saturated rings. The molecule has 30 heavy (non-hydrogen) atoms. The van der Waals surface area contributed by atoms with Gasteiger partial charge in [-0.2, -0.15) is 13.2 Å². The number of pyridine rings is 2. The zero-order chi connectivity index (χ0) is 22.4. The first-order valence-corrected chi connectivity index (χ1v) is 9.10. The van der Waals surface area contributed by atoms with Gasteiger partial charge >= 0.3 is 12.1 Å². The second kappa shape index (κ2) is 7.35. The van der Waals surface area contributed by atoms with Crippen LogP contribution in [0.5, 0.6) is 0 Å². The lowest BCUT2D eigenvalue weighted by atomic mass is 9.72. The minimum atomic E-state index is -4.68.